The first kappa shape index (κ1) is 9.71. The minimum atomic E-state index is -0.463. The van der Waals surface area contributed by atoms with Crippen LogP contribution in [0.15, 0.2) is 12.1 Å². The number of hydrogen-bond acceptors (Lipinski definition) is 2. The molecule has 1 aromatic rings. The van der Waals surface area contributed by atoms with Crippen LogP contribution in [0, 0.1) is 5.82 Å². The van der Waals surface area contributed by atoms with Gasteiger partial charge in [0, 0.05) is 11.1 Å². The molecule has 0 unspecified atom stereocenters. The molecular weight excluding hydrogens is 169 g/mol. The minimum absolute atomic E-state index is 0.0989. The van der Waals surface area contributed by atoms with Gasteiger partial charge >= 0.3 is 0 Å². The molecule has 13 heavy (non-hydrogen) atoms. The lowest BCUT2D eigenvalue weighted by atomic mass is 10.0. The van der Waals surface area contributed by atoms with Crippen LogP contribution in [0.3, 0.4) is 0 Å². The van der Waals surface area contributed by atoms with E-state index in [2.05, 4.69) is 0 Å². The summed E-state index contributed by atoms with van der Waals surface area (Å²) in [6.45, 7) is 3.22. The molecule has 0 aliphatic heterocycles. The number of Topliss-reactive ketones (excluding diaryl/α,β-unsaturated/α-hetero) is 1. The second-order valence-electron chi connectivity index (χ2n) is 2.90. The number of anilines is 1. The average Bonchev–Trinajstić information content (AvgIpc) is 2.09. The third-order valence-electron chi connectivity index (χ3n) is 2.01. The Labute approximate surface area is 76.6 Å². The Morgan fingerprint density at radius 3 is 2.62 bits per heavy atom. The molecule has 0 amide bonds. The fourth-order valence-electron chi connectivity index (χ4n) is 1.31. The van der Waals surface area contributed by atoms with Crippen LogP contribution in [0.1, 0.15) is 29.8 Å². The third kappa shape index (κ3) is 1.69. The zero-order valence-electron chi connectivity index (χ0n) is 7.73. The Bertz CT molecular complexity index is 347. The molecule has 0 saturated heterocycles. The summed E-state index contributed by atoms with van der Waals surface area (Å²) in [5, 5.41) is 0. The monoisotopic (exact) mass is 181 g/mol. The maximum absolute atomic E-state index is 13.3. The summed E-state index contributed by atoms with van der Waals surface area (Å²) in [5.74, 6) is -0.592. The summed E-state index contributed by atoms with van der Waals surface area (Å²) in [6.07, 6.45) is 0.478. The van der Waals surface area contributed by atoms with Crippen molar-refractivity contribution in [3.63, 3.8) is 0 Å². The number of halogens is 1. The van der Waals surface area contributed by atoms with Crippen molar-refractivity contribution in [1.82, 2.24) is 0 Å². The zero-order valence-corrected chi connectivity index (χ0v) is 7.73. The first-order valence-corrected chi connectivity index (χ1v) is 4.15. The van der Waals surface area contributed by atoms with Crippen molar-refractivity contribution in [2.75, 3.05) is 5.73 Å². The van der Waals surface area contributed by atoms with Crippen molar-refractivity contribution in [2.45, 2.75) is 20.3 Å². The second-order valence-corrected chi connectivity index (χ2v) is 2.90. The molecule has 0 radical (unpaired) electrons. The number of nitrogen functional groups attached to an aromatic ring is 1. The molecule has 0 atom stereocenters. The number of rotatable bonds is 2. The number of carbonyl (C=O) groups excluding carboxylic acids is 1. The van der Waals surface area contributed by atoms with Crippen LogP contribution in [0.25, 0.3) is 0 Å². The van der Waals surface area contributed by atoms with E-state index in [0.717, 1.165) is 0 Å². The predicted octanol–water partition coefficient (Wildman–Crippen LogP) is 2.17. The summed E-state index contributed by atoms with van der Waals surface area (Å²) in [5.41, 5.74) is 6.31. The smallest absolute Gasteiger partial charge is 0.160 e. The normalized spacial score (nSPS) is 10.1. The van der Waals surface area contributed by atoms with E-state index in [0.29, 0.717) is 17.5 Å². The van der Waals surface area contributed by atoms with Crippen molar-refractivity contribution >= 4 is 11.5 Å². The summed E-state index contributed by atoms with van der Waals surface area (Å²) in [6, 6.07) is 2.99. The number of benzene rings is 1. The van der Waals surface area contributed by atoms with Gasteiger partial charge in [0.1, 0.15) is 5.82 Å². The maximum atomic E-state index is 13.3. The van der Waals surface area contributed by atoms with Crippen LogP contribution >= 0.6 is 0 Å². The van der Waals surface area contributed by atoms with E-state index in [-0.39, 0.29) is 11.5 Å². The van der Waals surface area contributed by atoms with Crippen LogP contribution < -0.4 is 5.73 Å². The van der Waals surface area contributed by atoms with Crippen molar-refractivity contribution in [1.29, 1.82) is 0 Å². The molecule has 0 bridgehead atoms. The number of nitrogens with two attached hydrogens (primary N) is 1. The molecule has 0 aliphatic rings. The van der Waals surface area contributed by atoms with Gasteiger partial charge in [-0.15, -0.1) is 0 Å². The highest BCUT2D eigenvalue weighted by atomic mass is 19.1. The Morgan fingerprint density at radius 2 is 2.15 bits per heavy atom. The number of ketones is 1. The molecule has 0 aromatic heterocycles. The van der Waals surface area contributed by atoms with Gasteiger partial charge in [-0.3, -0.25) is 4.79 Å². The molecule has 0 saturated carbocycles. The average molecular weight is 181 g/mol. The quantitative estimate of drug-likeness (QED) is 0.561. The van der Waals surface area contributed by atoms with E-state index >= 15 is 0 Å². The van der Waals surface area contributed by atoms with Gasteiger partial charge in [0.05, 0.1) is 5.69 Å². The van der Waals surface area contributed by atoms with E-state index < -0.39 is 5.82 Å². The molecule has 2 nitrogen and oxygen atoms in total. The summed E-state index contributed by atoms with van der Waals surface area (Å²) >= 11 is 0. The number of hydrogen-bond donors (Lipinski definition) is 1. The summed E-state index contributed by atoms with van der Waals surface area (Å²) < 4.78 is 13.3. The second kappa shape index (κ2) is 3.56. The number of carbonyl (C=O) groups is 1. The fraction of sp³-hybridized carbons (Fsp3) is 0.300. The highest BCUT2D eigenvalue weighted by molar-refractivity contribution is 5.96. The highest BCUT2D eigenvalue weighted by Crippen LogP contribution is 2.20. The van der Waals surface area contributed by atoms with Gasteiger partial charge < -0.3 is 5.73 Å². The zero-order chi connectivity index (χ0) is 10.0. The maximum Gasteiger partial charge on any atom is 0.160 e. The first-order chi connectivity index (χ1) is 6.07. The Kier molecular flexibility index (Phi) is 2.66. The predicted molar refractivity (Wildman–Crippen MR) is 50.2 cm³/mol. The molecule has 3 heteroatoms. The van der Waals surface area contributed by atoms with Gasteiger partial charge in [0.15, 0.2) is 5.78 Å². The van der Waals surface area contributed by atoms with E-state index in [4.69, 9.17) is 5.73 Å². The molecule has 0 aliphatic carbocycles. The van der Waals surface area contributed by atoms with Crippen LogP contribution in [0.2, 0.25) is 0 Å². The van der Waals surface area contributed by atoms with E-state index in [1.165, 1.54) is 13.0 Å². The lowest BCUT2D eigenvalue weighted by molar-refractivity contribution is 0.101. The van der Waals surface area contributed by atoms with Gasteiger partial charge in [-0.05, 0) is 25.5 Å². The van der Waals surface area contributed by atoms with Crippen LogP contribution in [-0.4, -0.2) is 5.78 Å². The molecule has 1 rings (SSSR count). The van der Waals surface area contributed by atoms with E-state index in [9.17, 15) is 9.18 Å². The van der Waals surface area contributed by atoms with E-state index in [1.54, 1.807) is 13.0 Å². The van der Waals surface area contributed by atoms with Crippen LogP contribution in [0.5, 0.6) is 0 Å². The van der Waals surface area contributed by atoms with Crippen LogP contribution in [-0.2, 0) is 6.42 Å². The fourth-order valence-corrected chi connectivity index (χ4v) is 1.31. The van der Waals surface area contributed by atoms with Crippen molar-refractivity contribution in [2.24, 2.45) is 0 Å². The lowest BCUT2D eigenvalue weighted by Crippen LogP contribution is -2.04. The molecule has 1 aromatic carbocycles. The third-order valence-corrected chi connectivity index (χ3v) is 2.01. The van der Waals surface area contributed by atoms with Crippen LogP contribution in [0.4, 0.5) is 10.1 Å². The molecule has 0 heterocycles. The van der Waals surface area contributed by atoms with Crippen molar-refractivity contribution < 1.29 is 9.18 Å². The molecule has 2 N–H and O–H groups in total. The molecule has 0 spiro atoms. The van der Waals surface area contributed by atoms with Gasteiger partial charge in [-0.2, -0.15) is 0 Å². The molecular formula is C10H12FNO. The largest absolute Gasteiger partial charge is 0.396 e. The van der Waals surface area contributed by atoms with E-state index in [1.807, 2.05) is 0 Å². The molecule has 70 valence electrons. The topological polar surface area (TPSA) is 43.1 Å². The first-order valence-electron chi connectivity index (χ1n) is 4.15. The molecule has 0 fully saturated rings. The van der Waals surface area contributed by atoms with Gasteiger partial charge in [0.25, 0.3) is 0 Å². The van der Waals surface area contributed by atoms with Crippen molar-refractivity contribution in [3.05, 3.63) is 29.1 Å². The highest BCUT2D eigenvalue weighted by Gasteiger charge is 2.12. The van der Waals surface area contributed by atoms with Gasteiger partial charge in [-0.25, -0.2) is 4.39 Å². The lowest BCUT2D eigenvalue weighted by Gasteiger charge is -2.07. The summed E-state index contributed by atoms with van der Waals surface area (Å²) in [7, 11) is 0. The van der Waals surface area contributed by atoms with Gasteiger partial charge in [-0.1, -0.05) is 6.92 Å². The minimum Gasteiger partial charge on any atom is -0.396 e. The van der Waals surface area contributed by atoms with Gasteiger partial charge in [0.2, 0.25) is 0 Å². The standard InChI is InChI=1S/C10H12FNO/c1-3-7-8(6(2)13)4-5-9(12)10(7)11/h4-5H,3,12H2,1-2H3. The summed E-state index contributed by atoms with van der Waals surface area (Å²) in [4.78, 5) is 11.1. The Balaban J connectivity index is 3.38. The SMILES string of the molecule is CCc1c(C(C)=O)ccc(N)c1F. The Hall–Kier alpha value is -1.38. The van der Waals surface area contributed by atoms with Crippen molar-refractivity contribution in [3.8, 4) is 0 Å². The Morgan fingerprint density at radius 1 is 1.54 bits per heavy atom.